The molecule has 0 bridgehead atoms. The lowest BCUT2D eigenvalue weighted by atomic mass is 10.1. The highest BCUT2D eigenvalue weighted by Gasteiger charge is 2.16. The summed E-state index contributed by atoms with van der Waals surface area (Å²) in [6.07, 6.45) is 0. The van der Waals surface area contributed by atoms with Gasteiger partial charge in [-0.25, -0.2) is 12.8 Å². The van der Waals surface area contributed by atoms with Gasteiger partial charge in [0.05, 0.1) is 9.82 Å². The van der Waals surface area contributed by atoms with Crippen molar-refractivity contribution in [3.63, 3.8) is 0 Å². The lowest BCUT2D eigenvalue weighted by molar-refractivity contribution is -0.384. The number of hydrogen-bond donors (Lipinski definition) is 1. The van der Waals surface area contributed by atoms with Crippen LogP contribution in [-0.2, 0) is 10.0 Å². The SMILES string of the molecule is O=[N+]([O-])c1ccc(S(=O)(=O)Nc2cccc(-c3ccc(F)cc3)c2)cc1. The quantitative estimate of drug-likeness (QED) is 0.537. The number of hydrogen-bond acceptors (Lipinski definition) is 4. The maximum absolute atomic E-state index is 13.0. The van der Waals surface area contributed by atoms with Gasteiger partial charge in [-0.1, -0.05) is 24.3 Å². The Morgan fingerprint density at radius 1 is 0.885 bits per heavy atom. The number of nitrogens with zero attached hydrogens (tertiary/aromatic N) is 1. The van der Waals surface area contributed by atoms with E-state index in [1.807, 2.05) is 0 Å². The Morgan fingerprint density at radius 2 is 1.54 bits per heavy atom. The van der Waals surface area contributed by atoms with Gasteiger partial charge in [0.2, 0.25) is 0 Å². The Morgan fingerprint density at radius 3 is 2.15 bits per heavy atom. The molecular formula is C18H13FN2O4S. The van der Waals surface area contributed by atoms with Gasteiger partial charge in [0.15, 0.2) is 0 Å². The topological polar surface area (TPSA) is 89.3 Å². The lowest BCUT2D eigenvalue weighted by Gasteiger charge is -2.10. The molecule has 0 fully saturated rings. The van der Waals surface area contributed by atoms with Crippen molar-refractivity contribution in [1.29, 1.82) is 0 Å². The molecule has 0 amide bonds. The third-order valence-electron chi connectivity index (χ3n) is 3.65. The van der Waals surface area contributed by atoms with Crippen LogP contribution >= 0.6 is 0 Å². The fourth-order valence-corrected chi connectivity index (χ4v) is 3.42. The number of halogens is 1. The molecule has 0 atom stereocenters. The van der Waals surface area contributed by atoms with Crippen LogP contribution in [0.5, 0.6) is 0 Å². The Kier molecular flexibility index (Phi) is 4.68. The summed E-state index contributed by atoms with van der Waals surface area (Å²) < 4.78 is 40.4. The van der Waals surface area contributed by atoms with Crippen molar-refractivity contribution < 1.29 is 17.7 Å². The minimum absolute atomic E-state index is 0.0877. The number of rotatable bonds is 5. The van der Waals surface area contributed by atoms with Crippen molar-refractivity contribution >= 4 is 21.4 Å². The standard InChI is InChI=1S/C18H13FN2O4S/c19-15-6-4-13(5-7-15)14-2-1-3-16(12-14)20-26(24,25)18-10-8-17(9-11-18)21(22)23/h1-12,20H. The normalized spacial score (nSPS) is 11.1. The maximum Gasteiger partial charge on any atom is 0.269 e. The summed E-state index contributed by atoms with van der Waals surface area (Å²) in [6, 6.07) is 17.1. The molecule has 1 N–H and O–H groups in total. The molecule has 0 aliphatic rings. The predicted octanol–water partition coefficient (Wildman–Crippen LogP) is 4.20. The molecule has 26 heavy (non-hydrogen) atoms. The molecular weight excluding hydrogens is 359 g/mol. The summed E-state index contributed by atoms with van der Waals surface area (Å²) in [5, 5.41) is 10.7. The smallest absolute Gasteiger partial charge is 0.269 e. The molecule has 0 saturated carbocycles. The molecule has 0 saturated heterocycles. The zero-order valence-corrected chi connectivity index (χ0v) is 14.1. The van der Waals surface area contributed by atoms with E-state index in [0.717, 1.165) is 17.7 Å². The van der Waals surface area contributed by atoms with E-state index < -0.39 is 14.9 Å². The average Bonchev–Trinajstić information content (AvgIpc) is 2.62. The number of non-ortho nitro benzene ring substituents is 1. The van der Waals surface area contributed by atoms with Gasteiger partial charge in [0.25, 0.3) is 15.7 Å². The van der Waals surface area contributed by atoms with E-state index in [9.17, 15) is 22.9 Å². The molecule has 0 radical (unpaired) electrons. The summed E-state index contributed by atoms with van der Waals surface area (Å²) in [6.45, 7) is 0. The zero-order chi connectivity index (χ0) is 18.7. The van der Waals surface area contributed by atoms with Crippen LogP contribution in [-0.4, -0.2) is 13.3 Å². The van der Waals surface area contributed by atoms with Gasteiger partial charge in [-0.05, 0) is 47.5 Å². The summed E-state index contributed by atoms with van der Waals surface area (Å²) in [5.41, 5.74) is 1.59. The molecule has 6 nitrogen and oxygen atoms in total. The van der Waals surface area contributed by atoms with Crippen LogP contribution < -0.4 is 4.72 Å². The summed E-state index contributed by atoms with van der Waals surface area (Å²) >= 11 is 0. The fraction of sp³-hybridized carbons (Fsp3) is 0. The monoisotopic (exact) mass is 372 g/mol. The van der Waals surface area contributed by atoms with Crippen molar-refractivity contribution in [2.45, 2.75) is 4.90 Å². The molecule has 0 aliphatic carbocycles. The van der Waals surface area contributed by atoms with E-state index in [2.05, 4.69) is 4.72 Å². The van der Waals surface area contributed by atoms with Crippen LogP contribution in [0.4, 0.5) is 15.8 Å². The summed E-state index contributed by atoms with van der Waals surface area (Å²) in [7, 11) is -3.89. The number of sulfonamides is 1. The Hall–Kier alpha value is -3.26. The van der Waals surface area contributed by atoms with E-state index in [1.165, 1.54) is 24.3 Å². The molecule has 3 aromatic rings. The minimum atomic E-state index is -3.89. The first-order valence-corrected chi connectivity index (χ1v) is 8.97. The number of anilines is 1. The first-order chi connectivity index (χ1) is 12.3. The number of nitro benzene ring substituents is 1. The van der Waals surface area contributed by atoms with Crippen LogP contribution in [0.1, 0.15) is 0 Å². The van der Waals surface area contributed by atoms with Gasteiger partial charge in [0, 0.05) is 17.8 Å². The van der Waals surface area contributed by atoms with Crippen LogP contribution in [0, 0.1) is 15.9 Å². The first kappa shape index (κ1) is 17.6. The third-order valence-corrected chi connectivity index (χ3v) is 5.05. The Balaban J connectivity index is 1.87. The van der Waals surface area contributed by atoms with E-state index >= 15 is 0 Å². The van der Waals surface area contributed by atoms with Crippen molar-refractivity contribution in [2.75, 3.05) is 4.72 Å². The molecule has 3 aromatic carbocycles. The van der Waals surface area contributed by atoms with E-state index in [-0.39, 0.29) is 16.4 Å². The highest BCUT2D eigenvalue weighted by atomic mass is 32.2. The first-order valence-electron chi connectivity index (χ1n) is 7.48. The molecule has 132 valence electrons. The molecule has 0 unspecified atom stereocenters. The second-order valence-electron chi connectivity index (χ2n) is 5.44. The Bertz CT molecular complexity index is 1050. The summed E-state index contributed by atoms with van der Waals surface area (Å²) in [5.74, 6) is -0.358. The van der Waals surface area contributed by atoms with Crippen molar-refractivity contribution in [3.8, 4) is 11.1 Å². The summed E-state index contributed by atoms with van der Waals surface area (Å²) in [4.78, 5) is 9.97. The largest absolute Gasteiger partial charge is 0.280 e. The van der Waals surface area contributed by atoms with Crippen LogP contribution in [0.2, 0.25) is 0 Å². The van der Waals surface area contributed by atoms with Gasteiger partial charge in [-0.3, -0.25) is 14.8 Å². The van der Waals surface area contributed by atoms with Gasteiger partial charge in [0.1, 0.15) is 5.82 Å². The highest BCUT2D eigenvalue weighted by Crippen LogP contribution is 2.25. The van der Waals surface area contributed by atoms with E-state index in [4.69, 9.17) is 0 Å². The second kappa shape index (κ2) is 6.93. The maximum atomic E-state index is 13.0. The number of nitrogens with one attached hydrogen (secondary N) is 1. The lowest BCUT2D eigenvalue weighted by Crippen LogP contribution is -2.12. The third kappa shape index (κ3) is 3.86. The van der Waals surface area contributed by atoms with Crippen molar-refractivity contribution in [3.05, 3.63) is 88.7 Å². The highest BCUT2D eigenvalue weighted by molar-refractivity contribution is 7.92. The molecule has 0 heterocycles. The molecule has 0 aromatic heterocycles. The van der Waals surface area contributed by atoms with E-state index in [0.29, 0.717) is 11.3 Å². The molecule has 3 rings (SSSR count). The van der Waals surface area contributed by atoms with Crippen LogP contribution in [0.3, 0.4) is 0 Å². The fourth-order valence-electron chi connectivity index (χ4n) is 2.37. The second-order valence-corrected chi connectivity index (χ2v) is 7.13. The van der Waals surface area contributed by atoms with E-state index in [1.54, 1.807) is 36.4 Å². The van der Waals surface area contributed by atoms with Gasteiger partial charge in [-0.2, -0.15) is 0 Å². The number of benzene rings is 3. The van der Waals surface area contributed by atoms with Crippen LogP contribution in [0.15, 0.2) is 77.7 Å². The van der Waals surface area contributed by atoms with Crippen LogP contribution in [0.25, 0.3) is 11.1 Å². The average molecular weight is 372 g/mol. The molecule has 0 aliphatic heterocycles. The van der Waals surface area contributed by atoms with Crippen molar-refractivity contribution in [1.82, 2.24) is 0 Å². The molecule has 8 heteroatoms. The van der Waals surface area contributed by atoms with Gasteiger partial charge < -0.3 is 0 Å². The van der Waals surface area contributed by atoms with Crippen molar-refractivity contribution in [2.24, 2.45) is 0 Å². The zero-order valence-electron chi connectivity index (χ0n) is 13.3. The molecule has 0 spiro atoms. The Labute approximate surface area is 149 Å². The predicted molar refractivity (Wildman–Crippen MR) is 95.7 cm³/mol. The number of nitro groups is 1. The minimum Gasteiger partial charge on any atom is -0.280 e. The van der Waals surface area contributed by atoms with Gasteiger partial charge in [-0.15, -0.1) is 0 Å². The van der Waals surface area contributed by atoms with Gasteiger partial charge >= 0.3 is 0 Å².